The van der Waals surface area contributed by atoms with Crippen molar-refractivity contribution in [1.29, 1.82) is 0 Å². The van der Waals surface area contributed by atoms with Crippen molar-refractivity contribution in [3.05, 3.63) is 65.2 Å². The van der Waals surface area contributed by atoms with Gasteiger partial charge in [0, 0.05) is 5.56 Å². The molecular weight excluding hydrogens is 292 g/mol. The van der Waals surface area contributed by atoms with E-state index in [4.69, 9.17) is 4.74 Å². The number of hydrogen-bond acceptors (Lipinski definition) is 4. The third-order valence-corrected chi connectivity index (χ3v) is 3.49. The molecule has 4 nitrogen and oxygen atoms in total. The number of ketones is 1. The lowest BCUT2D eigenvalue weighted by atomic mass is 9.86. The fourth-order valence-corrected chi connectivity index (χ4v) is 2.09. The van der Waals surface area contributed by atoms with E-state index in [2.05, 4.69) is 20.8 Å². The third-order valence-electron chi connectivity index (χ3n) is 3.49. The van der Waals surface area contributed by atoms with Gasteiger partial charge in [-0.15, -0.1) is 0 Å². The minimum atomic E-state index is -0.638. The molecule has 2 aromatic carbocycles. The highest BCUT2D eigenvalue weighted by molar-refractivity contribution is 5.99. The second-order valence-electron chi connectivity index (χ2n) is 6.38. The van der Waals surface area contributed by atoms with E-state index in [0.717, 1.165) is 5.56 Å². The van der Waals surface area contributed by atoms with Crippen LogP contribution in [-0.4, -0.2) is 23.5 Å². The Hall–Kier alpha value is -2.62. The van der Waals surface area contributed by atoms with Crippen molar-refractivity contribution in [3.8, 4) is 5.75 Å². The molecule has 0 atom stereocenters. The number of aromatic hydroxyl groups is 1. The number of esters is 1. The van der Waals surface area contributed by atoms with Crippen molar-refractivity contribution < 1.29 is 19.4 Å². The van der Waals surface area contributed by atoms with Gasteiger partial charge in [0.05, 0.1) is 5.56 Å². The number of carbonyl (C=O) groups is 2. The summed E-state index contributed by atoms with van der Waals surface area (Å²) in [6.45, 7) is 5.96. The molecule has 0 unspecified atom stereocenters. The van der Waals surface area contributed by atoms with E-state index in [1.165, 1.54) is 18.2 Å². The molecule has 4 heteroatoms. The Kier molecular flexibility index (Phi) is 4.84. The SMILES string of the molecule is CC(C)(C)c1ccc(C(=O)COC(=O)c2cccc(O)c2)cc1. The van der Waals surface area contributed by atoms with Crippen LogP contribution in [0.2, 0.25) is 0 Å². The van der Waals surface area contributed by atoms with Crippen LogP contribution in [0.4, 0.5) is 0 Å². The molecule has 0 amide bonds. The maximum atomic E-state index is 12.1. The van der Waals surface area contributed by atoms with E-state index >= 15 is 0 Å². The second-order valence-corrected chi connectivity index (χ2v) is 6.38. The summed E-state index contributed by atoms with van der Waals surface area (Å²) in [5, 5.41) is 9.33. The molecule has 0 aromatic heterocycles. The van der Waals surface area contributed by atoms with Crippen LogP contribution < -0.4 is 0 Å². The number of rotatable bonds is 4. The van der Waals surface area contributed by atoms with Gasteiger partial charge in [0.25, 0.3) is 0 Å². The molecule has 2 rings (SSSR count). The van der Waals surface area contributed by atoms with Gasteiger partial charge in [-0.1, -0.05) is 51.1 Å². The number of carbonyl (C=O) groups excluding carboxylic acids is 2. The summed E-state index contributed by atoms with van der Waals surface area (Å²) < 4.78 is 5.00. The highest BCUT2D eigenvalue weighted by atomic mass is 16.5. The quantitative estimate of drug-likeness (QED) is 0.690. The standard InChI is InChI=1S/C19H20O4/c1-19(2,3)15-9-7-13(8-10-15)17(21)12-23-18(22)14-5-4-6-16(20)11-14/h4-11,20H,12H2,1-3H3. The van der Waals surface area contributed by atoms with Crippen molar-refractivity contribution >= 4 is 11.8 Å². The molecule has 0 aliphatic carbocycles. The molecule has 0 aliphatic heterocycles. The summed E-state index contributed by atoms with van der Waals surface area (Å²) in [5.41, 5.74) is 1.86. The van der Waals surface area contributed by atoms with Gasteiger partial charge in [0.15, 0.2) is 12.4 Å². The van der Waals surface area contributed by atoms with Crippen LogP contribution in [0.3, 0.4) is 0 Å². The van der Waals surface area contributed by atoms with Crippen molar-refractivity contribution in [2.75, 3.05) is 6.61 Å². The van der Waals surface area contributed by atoms with E-state index in [-0.39, 0.29) is 29.1 Å². The lowest BCUT2D eigenvalue weighted by molar-refractivity contribution is 0.0474. The summed E-state index contributed by atoms with van der Waals surface area (Å²) in [4.78, 5) is 23.9. The molecule has 0 fully saturated rings. The molecule has 0 radical (unpaired) electrons. The van der Waals surface area contributed by atoms with Gasteiger partial charge in [0.1, 0.15) is 5.75 Å². The van der Waals surface area contributed by atoms with Gasteiger partial charge in [-0.3, -0.25) is 4.79 Å². The third kappa shape index (κ3) is 4.42. The van der Waals surface area contributed by atoms with E-state index in [1.54, 1.807) is 18.2 Å². The predicted molar refractivity (Wildman–Crippen MR) is 87.9 cm³/mol. The zero-order valence-corrected chi connectivity index (χ0v) is 13.5. The molecule has 0 spiro atoms. The van der Waals surface area contributed by atoms with E-state index in [0.29, 0.717) is 5.56 Å². The number of hydrogen-bond donors (Lipinski definition) is 1. The largest absolute Gasteiger partial charge is 0.508 e. The van der Waals surface area contributed by atoms with E-state index in [9.17, 15) is 14.7 Å². The Morgan fingerprint density at radius 3 is 2.22 bits per heavy atom. The zero-order valence-electron chi connectivity index (χ0n) is 13.5. The molecule has 2 aromatic rings. The fraction of sp³-hybridized carbons (Fsp3) is 0.263. The Labute approximate surface area is 135 Å². The van der Waals surface area contributed by atoms with E-state index in [1.807, 2.05) is 12.1 Å². The highest BCUT2D eigenvalue weighted by Gasteiger charge is 2.15. The maximum Gasteiger partial charge on any atom is 0.338 e. The van der Waals surface area contributed by atoms with Crippen LogP contribution in [-0.2, 0) is 10.2 Å². The van der Waals surface area contributed by atoms with Crippen LogP contribution in [0.15, 0.2) is 48.5 Å². The first kappa shape index (κ1) is 16.7. The Morgan fingerprint density at radius 2 is 1.65 bits per heavy atom. The second kappa shape index (κ2) is 6.65. The summed E-state index contributed by atoms with van der Waals surface area (Å²) in [7, 11) is 0. The topological polar surface area (TPSA) is 63.6 Å². The first-order chi connectivity index (χ1) is 10.8. The van der Waals surface area contributed by atoms with Crippen LogP contribution in [0.5, 0.6) is 5.75 Å². The summed E-state index contributed by atoms with van der Waals surface area (Å²) >= 11 is 0. The van der Waals surface area contributed by atoms with Gasteiger partial charge >= 0.3 is 5.97 Å². The Morgan fingerprint density at radius 1 is 1.00 bits per heavy atom. The van der Waals surface area contributed by atoms with Crippen LogP contribution in [0.25, 0.3) is 0 Å². The first-order valence-corrected chi connectivity index (χ1v) is 7.37. The number of Topliss-reactive ketones (excluding diaryl/α,β-unsaturated/α-hetero) is 1. The number of ether oxygens (including phenoxy) is 1. The van der Waals surface area contributed by atoms with E-state index < -0.39 is 5.97 Å². The minimum Gasteiger partial charge on any atom is -0.508 e. The van der Waals surface area contributed by atoms with Crippen molar-refractivity contribution in [1.82, 2.24) is 0 Å². The van der Waals surface area contributed by atoms with Crippen molar-refractivity contribution in [3.63, 3.8) is 0 Å². The molecule has 0 bridgehead atoms. The molecule has 0 heterocycles. The fourth-order valence-electron chi connectivity index (χ4n) is 2.09. The zero-order chi connectivity index (χ0) is 17.0. The maximum absolute atomic E-state index is 12.1. The average Bonchev–Trinajstić information content (AvgIpc) is 2.51. The molecule has 0 saturated carbocycles. The molecule has 0 saturated heterocycles. The molecule has 23 heavy (non-hydrogen) atoms. The van der Waals surface area contributed by atoms with Crippen LogP contribution in [0, 0.1) is 0 Å². The lowest BCUT2D eigenvalue weighted by Gasteiger charge is -2.18. The Bertz CT molecular complexity index is 709. The predicted octanol–water partition coefficient (Wildman–Crippen LogP) is 3.73. The highest BCUT2D eigenvalue weighted by Crippen LogP contribution is 2.22. The Balaban J connectivity index is 1.98. The first-order valence-electron chi connectivity index (χ1n) is 7.37. The number of phenols is 1. The van der Waals surface area contributed by atoms with Crippen molar-refractivity contribution in [2.45, 2.75) is 26.2 Å². The van der Waals surface area contributed by atoms with Gasteiger partial charge < -0.3 is 9.84 Å². The summed E-state index contributed by atoms with van der Waals surface area (Å²) in [6.07, 6.45) is 0. The number of benzene rings is 2. The molecule has 1 N–H and O–H groups in total. The van der Waals surface area contributed by atoms with Gasteiger partial charge in [-0.25, -0.2) is 4.79 Å². The molecule has 120 valence electrons. The van der Waals surface area contributed by atoms with Crippen molar-refractivity contribution in [2.24, 2.45) is 0 Å². The van der Waals surface area contributed by atoms with Gasteiger partial charge in [-0.05, 0) is 29.2 Å². The molecular formula is C19H20O4. The summed E-state index contributed by atoms with van der Waals surface area (Å²) in [6, 6.07) is 13.1. The monoisotopic (exact) mass is 312 g/mol. The average molecular weight is 312 g/mol. The number of phenolic OH excluding ortho intramolecular Hbond substituents is 1. The lowest BCUT2D eigenvalue weighted by Crippen LogP contribution is -2.15. The van der Waals surface area contributed by atoms with Crippen LogP contribution in [0.1, 0.15) is 47.1 Å². The van der Waals surface area contributed by atoms with Gasteiger partial charge in [-0.2, -0.15) is 0 Å². The summed E-state index contributed by atoms with van der Waals surface area (Å²) in [5.74, 6) is -0.928. The molecule has 0 aliphatic rings. The van der Waals surface area contributed by atoms with Crippen LogP contribution >= 0.6 is 0 Å². The van der Waals surface area contributed by atoms with Gasteiger partial charge in [0.2, 0.25) is 0 Å². The normalized spacial score (nSPS) is 11.1. The minimum absolute atomic E-state index is 0.0172. The smallest absolute Gasteiger partial charge is 0.338 e.